The molecule has 3 nitrogen and oxygen atoms in total. The van der Waals surface area contributed by atoms with E-state index in [4.69, 9.17) is 5.11 Å². The molecule has 0 bridgehead atoms. The molecule has 0 rings (SSSR count). The molecule has 84 valence electrons. The third-order valence-electron chi connectivity index (χ3n) is 2.86. The van der Waals surface area contributed by atoms with Crippen LogP contribution in [-0.4, -0.2) is 34.1 Å². The van der Waals surface area contributed by atoms with Gasteiger partial charge in [0.15, 0.2) is 0 Å². The quantitative estimate of drug-likeness (QED) is 0.558. The predicted molar refractivity (Wildman–Crippen MR) is 56.8 cm³/mol. The maximum absolute atomic E-state index is 9.79. The van der Waals surface area contributed by atoms with E-state index in [1.165, 1.54) is 0 Å². The van der Waals surface area contributed by atoms with Gasteiger partial charge in [-0.1, -0.05) is 26.8 Å². The topological polar surface area (TPSA) is 60.7 Å². The van der Waals surface area contributed by atoms with Crippen LogP contribution in [-0.2, 0) is 0 Å². The molecule has 0 amide bonds. The summed E-state index contributed by atoms with van der Waals surface area (Å²) in [5.74, 6) is -0.521. The van der Waals surface area contributed by atoms with E-state index >= 15 is 0 Å². The fourth-order valence-electron chi connectivity index (χ4n) is 1.45. The number of aliphatic hydroxyl groups is 3. The largest absolute Gasteiger partial charge is 0.396 e. The maximum atomic E-state index is 9.79. The van der Waals surface area contributed by atoms with Crippen molar-refractivity contribution in [3.8, 4) is 0 Å². The van der Waals surface area contributed by atoms with Gasteiger partial charge in [-0.15, -0.1) is 6.58 Å². The second kappa shape index (κ2) is 6.17. The van der Waals surface area contributed by atoms with Crippen LogP contribution in [0.4, 0.5) is 0 Å². The SMILES string of the molecule is C=C[C@H](C)[C@H](O)[C@@H](C)[C@H](O)[C@@H](C)CO. The third kappa shape index (κ3) is 3.40. The van der Waals surface area contributed by atoms with E-state index in [-0.39, 0.29) is 24.4 Å². The van der Waals surface area contributed by atoms with E-state index in [2.05, 4.69) is 6.58 Å². The molecule has 0 radical (unpaired) electrons. The van der Waals surface area contributed by atoms with Gasteiger partial charge >= 0.3 is 0 Å². The molecule has 0 fully saturated rings. The molecule has 0 unspecified atom stereocenters. The lowest BCUT2D eigenvalue weighted by molar-refractivity contribution is -0.0311. The zero-order chi connectivity index (χ0) is 11.3. The molecule has 0 saturated carbocycles. The van der Waals surface area contributed by atoms with Gasteiger partial charge in [0.25, 0.3) is 0 Å². The van der Waals surface area contributed by atoms with Gasteiger partial charge in [-0.2, -0.15) is 0 Å². The molecule has 0 aliphatic rings. The highest BCUT2D eigenvalue weighted by Gasteiger charge is 2.28. The maximum Gasteiger partial charge on any atom is 0.0650 e. The second-order valence-corrected chi connectivity index (χ2v) is 4.09. The Labute approximate surface area is 86.1 Å². The molecular weight excluding hydrogens is 180 g/mol. The summed E-state index contributed by atoms with van der Waals surface area (Å²) in [4.78, 5) is 0. The summed E-state index contributed by atoms with van der Waals surface area (Å²) in [5.41, 5.74) is 0. The van der Waals surface area contributed by atoms with Crippen molar-refractivity contribution in [2.24, 2.45) is 17.8 Å². The predicted octanol–water partition coefficient (Wildman–Crippen LogP) is 0.795. The van der Waals surface area contributed by atoms with Crippen LogP contribution >= 0.6 is 0 Å². The van der Waals surface area contributed by atoms with Crippen LogP contribution in [0.5, 0.6) is 0 Å². The van der Waals surface area contributed by atoms with Gasteiger partial charge in [-0.25, -0.2) is 0 Å². The minimum atomic E-state index is -0.683. The van der Waals surface area contributed by atoms with Gasteiger partial charge in [0.05, 0.1) is 12.2 Å². The molecule has 0 aromatic carbocycles. The Balaban J connectivity index is 4.29. The lowest BCUT2D eigenvalue weighted by atomic mass is 9.84. The van der Waals surface area contributed by atoms with Crippen molar-refractivity contribution in [1.82, 2.24) is 0 Å². The normalized spacial score (nSPS) is 22.1. The Bertz CT molecular complexity index is 170. The zero-order valence-electron chi connectivity index (χ0n) is 9.22. The molecule has 3 heteroatoms. The number of hydrogen-bond acceptors (Lipinski definition) is 3. The van der Waals surface area contributed by atoms with Gasteiger partial charge in [-0.3, -0.25) is 0 Å². The lowest BCUT2D eigenvalue weighted by Crippen LogP contribution is -2.38. The summed E-state index contributed by atoms with van der Waals surface area (Å²) in [5, 5.41) is 28.4. The first-order valence-electron chi connectivity index (χ1n) is 5.05. The fraction of sp³-hybridized carbons (Fsp3) is 0.818. The first kappa shape index (κ1) is 13.6. The molecule has 3 N–H and O–H groups in total. The molecule has 0 aromatic heterocycles. The third-order valence-corrected chi connectivity index (χ3v) is 2.86. The molecule has 0 aliphatic carbocycles. The molecule has 0 spiro atoms. The molecule has 0 aromatic rings. The Morgan fingerprint density at radius 3 is 2.00 bits per heavy atom. The van der Waals surface area contributed by atoms with Gasteiger partial charge in [0.2, 0.25) is 0 Å². The van der Waals surface area contributed by atoms with E-state index in [1.807, 2.05) is 6.92 Å². The molecule has 0 aliphatic heterocycles. The van der Waals surface area contributed by atoms with Gasteiger partial charge in [-0.05, 0) is 0 Å². The highest BCUT2D eigenvalue weighted by molar-refractivity contribution is 4.87. The summed E-state index contributed by atoms with van der Waals surface area (Å²) < 4.78 is 0. The molecule has 5 atom stereocenters. The first-order valence-corrected chi connectivity index (χ1v) is 5.05. The minimum absolute atomic E-state index is 0.0504. The van der Waals surface area contributed by atoms with Crippen LogP contribution in [0.3, 0.4) is 0 Å². The van der Waals surface area contributed by atoms with Gasteiger partial charge in [0, 0.05) is 24.4 Å². The summed E-state index contributed by atoms with van der Waals surface area (Å²) in [6.07, 6.45) is 0.367. The van der Waals surface area contributed by atoms with Crippen molar-refractivity contribution >= 4 is 0 Å². The van der Waals surface area contributed by atoms with Crippen LogP contribution in [0.25, 0.3) is 0 Å². The van der Waals surface area contributed by atoms with Crippen molar-refractivity contribution in [2.75, 3.05) is 6.61 Å². The number of aliphatic hydroxyl groups excluding tert-OH is 3. The van der Waals surface area contributed by atoms with Crippen molar-refractivity contribution in [1.29, 1.82) is 0 Å². The highest BCUT2D eigenvalue weighted by Crippen LogP contribution is 2.21. The average molecular weight is 202 g/mol. The van der Waals surface area contributed by atoms with Crippen LogP contribution in [0.1, 0.15) is 20.8 Å². The van der Waals surface area contributed by atoms with E-state index in [1.54, 1.807) is 19.9 Å². The van der Waals surface area contributed by atoms with Crippen molar-refractivity contribution in [3.05, 3.63) is 12.7 Å². The van der Waals surface area contributed by atoms with Crippen molar-refractivity contribution < 1.29 is 15.3 Å². The highest BCUT2D eigenvalue weighted by atomic mass is 16.3. The summed E-state index contributed by atoms with van der Waals surface area (Å²) in [6.45, 7) is 8.92. The molecule has 14 heavy (non-hydrogen) atoms. The van der Waals surface area contributed by atoms with Crippen LogP contribution < -0.4 is 0 Å². The van der Waals surface area contributed by atoms with Gasteiger partial charge in [0.1, 0.15) is 0 Å². The van der Waals surface area contributed by atoms with Gasteiger partial charge < -0.3 is 15.3 Å². The number of rotatable bonds is 6. The fourth-order valence-corrected chi connectivity index (χ4v) is 1.45. The summed E-state index contributed by atoms with van der Waals surface area (Å²) >= 11 is 0. The van der Waals surface area contributed by atoms with Crippen molar-refractivity contribution in [3.63, 3.8) is 0 Å². The standard InChI is InChI=1S/C11H22O3/c1-5-7(2)10(13)9(4)11(14)8(3)6-12/h5,7-14H,1,6H2,2-4H3/t7-,8-,9+,10-,11+/m0/s1. The average Bonchev–Trinajstić information content (AvgIpc) is 2.23. The second-order valence-electron chi connectivity index (χ2n) is 4.09. The van der Waals surface area contributed by atoms with E-state index < -0.39 is 12.2 Å². The van der Waals surface area contributed by atoms with Crippen LogP contribution in [0.15, 0.2) is 12.7 Å². The van der Waals surface area contributed by atoms with Crippen molar-refractivity contribution in [2.45, 2.75) is 33.0 Å². The van der Waals surface area contributed by atoms with E-state index in [9.17, 15) is 10.2 Å². The Morgan fingerprint density at radius 2 is 1.64 bits per heavy atom. The Hall–Kier alpha value is -0.380. The smallest absolute Gasteiger partial charge is 0.0650 e. The Morgan fingerprint density at radius 1 is 1.14 bits per heavy atom. The van der Waals surface area contributed by atoms with Crippen LogP contribution in [0, 0.1) is 17.8 Å². The van der Waals surface area contributed by atoms with E-state index in [0.717, 1.165) is 0 Å². The monoisotopic (exact) mass is 202 g/mol. The van der Waals surface area contributed by atoms with E-state index in [0.29, 0.717) is 0 Å². The van der Waals surface area contributed by atoms with Crippen LogP contribution in [0.2, 0.25) is 0 Å². The lowest BCUT2D eigenvalue weighted by Gasteiger charge is -2.29. The molecule has 0 heterocycles. The Kier molecular flexibility index (Phi) is 6.00. The zero-order valence-corrected chi connectivity index (χ0v) is 9.22. The molecule has 0 saturated heterocycles. The number of hydrogen-bond donors (Lipinski definition) is 3. The summed E-state index contributed by atoms with van der Waals surface area (Å²) in [7, 11) is 0. The molecular formula is C11H22O3. The first-order chi connectivity index (χ1) is 6.45. The summed E-state index contributed by atoms with van der Waals surface area (Å²) in [6, 6.07) is 0. The minimum Gasteiger partial charge on any atom is -0.396 e.